The molecule has 0 saturated heterocycles. The number of ether oxygens (including phenoxy) is 1. The third-order valence-corrected chi connectivity index (χ3v) is 3.01. The van der Waals surface area contributed by atoms with Crippen LogP contribution in [0.25, 0.3) is 0 Å². The Labute approximate surface area is 119 Å². The molecule has 2 rings (SSSR count). The molecule has 18 heavy (non-hydrogen) atoms. The van der Waals surface area contributed by atoms with Crippen LogP contribution in [0.4, 0.5) is 0 Å². The predicted octanol–water partition coefficient (Wildman–Crippen LogP) is 3.06. The standard InChI is InChI=1S/C13H11BrN2OS/c14-9-5-6-10(16-7-9)8-17-12-4-2-1-3-11(12)13(15)18/h1-7H,8H2,(H2,15,18). The lowest BCUT2D eigenvalue weighted by atomic mass is 10.2. The molecule has 0 aliphatic carbocycles. The van der Waals surface area contributed by atoms with Crippen molar-refractivity contribution in [3.8, 4) is 5.75 Å². The number of hydrogen-bond acceptors (Lipinski definition) is 3. The summed E-state index contributed by atoms with van der Waals surface area (Å²) in [7, 11) is 0. The quantitative estimate of drug-likeness (QED) is 0.879. The van der Waals surface area contributed by atoms with Gasteiger partial charge in [0.1, 0.15) is 17.3 Å². The number of benzene rings is 1. The van der Waals surface area contributed by atoms with Crippen molar-refractivity contribution in [3.63, 3.8) is 0 Å². The highest BCUT2D eigenvalue weighted by Gasteiger charge is 2.05. The highest BCUT2D eigenvalue weighted by Crippen LogP contribution is 2.19. The third-order valence-electron chi connectivity index (χ3n) is 2.32. The summed E-state index contributed by atoms with van der Waals surface area (Å²) in [5.74, 6) is 0.676. The van der Waals surface area contributed by atoms with Gasteiger partial charge >= 0.3 is 0 Å². The van der Waals surface area contributed by atoms with Gasteiger partial charge in [-0.3, -0.25) is 4.98 Å². The molecule has 1 aromatic carbocycles. The van der Waals surface area contributed by atoms with E-state index in [-0.39, 0.29) is 0 Å². The SMILES string of the molecule is NC(=S)c1ccccc1OCc1ccc(Br)cn1. The van der Waals surface area contributed by atoms with E-state index in [4.69, 9.17) is 22.7 Å². The van der Waals surface area contributed by atoms with E-state index in [1.807, 2.05) is 36.4 Å². The monoisotopic (exact) mass is 322 g/mol. The van der Waals surface area contributed by atoms with Gasteiger partial charge in [-0.15, -0.1) is 0 Å². The third kappa shape index (κ3) is 3.27. The normalized spacial score (nSPS) is 10.1. The Morgan fingerprint density at radius 3 is 2.72 bits per heavy atom. The molecule has 0 aliphatic rings. The van der Waals surface area contributed by atoms with Gasteiger partial charge in [0, 0.05) is 10.7 Å². The zero-order valence-corrected chi connectivity index (χ0v) is 11.9. The van der Waals surface area contributed by atoms with Gasteiger partial charge in [0.05, 0.1) is 11.3 Å². The van der Waals surface area contributed by atoms with Gasteiger partial charge in [-0.25, -0.2) is 0 Å². The Hall–Kier alpha value is -1.46. The average Bonchev–Trinajstić information content (AvgIpc) is 2.38. The molecule has 0 bridgehead atoms. The number of aromatic nitrogens is 1. The first-order valence-electron chi connectivity index (χ1n) is 5.29. The minimum Gasteiger partial charge on any atom is -0.487 e. The van der Waals surface area contributed by atoms with Crippen molar-refractivity contribution < 1.29 is 4.74 Å². The number of nitrogens with zero attached hydrogens (tertiary/aromatic N) is 1. The second-order valence-electron chi connectivity index (χ2n) is 3.62. The fraction of sp³-hybridized carbons (Fsp3) is 0.0769. The first kappa shape index (κ1) is 13.0. The fourth-order valence-corrected chi connectivity index (χ4v) is 1.84. The molecule has 0 saturated carbocycles. The lowest BCUT2D eigenvalue weighted by Gasteiger charge is -2.09. The van der Waals surface area contributed by atoms with Gasteiger partial charge in [-0.1, -0.05) is 24.4 Å². The van der Waals surface area contributed by atoms with E-state index in [9.17, 15) is 0 Å². The molecule has 0 fully saturated rings. The molecule has 0 amide bonds. The van der Waals surface area contributed by atoms with Crippen molar-refractivity contribution in [2.24, 2.45) is 5.73 Å². The number of para-hydroxylation sites is 1. The fourth-order valence-electron chi connectivity index (χ4n) is 1.44. The molecule has 0 atom stereocenters. The second kappa shape index (κ2) is 5.93. The Morgan fingerprint density at radius 1 is 1.28 bits per heavy atom. The second-order valence-corrected chi connectivity index (χ2v) is 4.97. The zero-order chi connectivity index (χ0) is 13.0. The van der Waals surface area contributed by atoms with Crippen LogP contribution in [0.2, 0.25) is 0 Å². The van der Waals surface area contributed by atoms with Crippen molar-refractivity contribution in [1.29, 1.82) is 0 Å². The summed E-state index contributed by atoms with van der Waals surface area (Å²) in [4.78, 5) is 4.56. The Bertz CT molecular complexity index is 557. The van der Waals surface area contributed by atoms with Gasteiger partial charge in [-0.05, 0) is 40.2 Å². The van der Waals surface area contributed by atoms with Crippen LogP contribution in [0, 0.1) is 0 Å². The maximum Gasteiger partial charge on any atom is 0.130 e. The molecule has 0 unspecified atom stereocenters. The molecular weight excluding hydrogens is 312 g/mol. The van der Waals surface area contributed by atoms with Crippen LogP contribution in [0.3, 0.4) is 0 Å². The van der Waals surface area contributed by atoms with E-state index < -0.39 is 0 Å². The summed E-state index contributed by atoms with van der Waals surface area (Å²) in [5, 5.41) is 0. The zero-order valence-electron chi connectivity index (χ0n) is 9.47. The molecule has 1 aromatic heterocycles. The molecule has 5 heteroatoms. The van der Waals surface area contributed by atoms with E-state index in [2.05, 4.69) is 20.9 Å². The molecular formula is C13H11BrN2OS. The van der Waals surface area contributed by atoms with Gasteiger partial charge < -0.3 is 10.5 Å². The summed E-state index contributed by atoms with van der Waals surface area (Å²) in [6, 6.07) is 11.3. The summed E-state index contributed by atoms with van der Waals surface area (Å²) >= 11 is 8.31. The Morgan fingerprint density at radius 2 is 2.06 bits per heavy atom. The van der Waals surface area contributed by atoms with Crippen LogP contribution >= 0.6 is 28.1 Å². The van der Waals surface area contributed by atoms with Crippen molar-refractivity contribution in [2.45, 2.75) is 6.61 Å². The van der Waals surface area contributed by atoms with E-state index in [0.29, 0.717) is 17.3 Å². The highest BCUT2D eigenvalue weighted by atomic mass is 79.9. The Kier molecular flexibility index (Phi) is 4.28. The van der Waals surface area contributed by atoms with Crippen LogP contribution in [0.5, 0.6) is 5.75 Å². The van der Waals surface area contributed by atoms with Crippen molar-refractivity contribution in [1.82, 2.24) is 4.98 Å². The first-order valence-corrected chi connectivity index (χ1v) is 6.49. The van der Waals surface area contributed by atoms with Gasteiger partial charge in [-0.2, -0.15) is 0 Å². The molecule has 3 nitrogen and oxygen atoms in total. The highest BCUT2D eigenvalue weighted by molar-refractivity contribution is 9.10. The molecule has 0 aliphatic heterocycles. The van der Waals surface area contributed by atoms with Crippen LogP contribution in [0.15, 0.2) is 47.1 Å². The summed E-state index contributed by atoms with van der Waals surface area (Å²) < 4.78 is 6.62. The van der Waals surface area contributed by atoms with Crippen LogP contribution in [-0.4, -0.2) is 9.97 Å². The van der Waals surface area contributed by atoms with Crippen molar-refractivity contribution in [3.05, 3.63) is 58.3 Å². The number of rotatable bonds is 4. The average molecular weight is 323 g/mol. The number of thiocarbonyl (C=S) groups is 1. The van der Waals surface area contributed by atoms with Crippen LogP contribution in [0.1, 0.15) is 11.3 Å². The number of pyridine rings is 1. The molecule has 1 heterocycles. The van der Waals surface area contributed by atoms with Crippen LogP contribution in [-0.2, 0) is 6.61 Å². The van der Waals surface area contributed by atoms with E-state index in [1.165, 1.54) is 0 Å². The molecule has 0 spiro atoms. The summed E-state index contributed by atoms with van der Waals surface area (Å²) in [6.45, 7) is 0.382. The lowest BCUT2D eigenvalue weighted by molar-refractivity contribution is 0.301. The predicted molar refractivity (Wildman–Crippen MR) is 78.6 cm³/mol. The van der Waals surface area contributed by atoms with Gasteiger partial charge in [0.15, 0.2) is 0 Å². The largest absolute Gasteiger partial charge is 0.487 e. The topological polar surface area (TPSA) is 48.1 Å². The van der Waals surface area contributed by atoms with E-state index in [1.54, 1.807) is 6.20 Å². The minimum absolute atomic E-state index is 0.328. The minimum atomic E-state index is 0.328. The lowest BCUT2D eigenvalue weighted by Crippen LogP contribution is -2.11. The Balaban J connectivity index is 2.10. The molecule has 0 radical (unpaired) electrons. The molecule has 2 N–H and O–H groups in total. The van der Waals surface area contributed by atoms with Crippen LogP contribution < -0.4 is 10.5 Å². The summed E-state index contributed by atoms with van der Waals surface area (Å²) in [6.07, 6.45) is 1.73. The maximum absolute atomic E-state index is 5.68. The number of hydrogen-bond donors (Lipinski definition) is 1. The van der Waals surface area contributed by atoms with E-state index in [0.717, 1.165) is 15.7 Å². The van der Waals surface area contributed by atoms with Gasteiger partial charge in [0.2, 0.25) is 0 Å². The van der Waals surface area contributed by atoms with Crippen molar-refractivity contribution in [2.75, 3.05) is 0 Å². The molecule has 2 aromatic rings. The van der Waals surface area contributed by atoms with Crippen molar-refractivity contribution >= 4 is 33.1 Å². The maximum atomic E-state index is 5.68. The number of halogens is 1. The van der Waals surface area contributed by atoms with E-state index >= 15 is 0 Å². The smallest absolute Gasteiger partial charge is 0.130 e. The van der Waals surface area contributed by atoms with Gasteiger partial charge in [0.25, 0.3) is 0 Å². The number of nitrogens with two attached hydrogens (primary N) is 1. The first-order chi connectivity index (χ1) is 8.66. The molecule has 92 valence electrons. The summed E-state index contributed by atoms with van der Waals surface area (Å²) in [5.41, 5.74) is 7.22.